The minimum atomic E-state index is -0.485. The summed E-state index contributed by atoms with van der Waals surface area (Å²) in [6.45, 7) is 1.44. The van der Waals surface area contributed by atoms with Crippen LogP contribution in [0.5, 0.6) is 0 Å². The van der Waals surface area contributed by atoms with Gasteiger partial charge in [0.25, 0.3) is 6.20 Å². The van der Waals surface area contributed by atoms with Gasteiger partial charge in [0.1, 0.15) is 11.5 Å². The van der Waals surface area contributed by atoms with Gasteiger partial charge < -0.3 is 20.0 Å². The van der Waals surface area contributed by atoms with E-state index in [0.29, 0.717) is 12.4 Å². The van der Waals surface area contributed by atoms with Crippen molar-refractivity contribution in [1.29, 1.82) is 0 Å². The molecule has 7 nitrogen and oxygen atoms in total. The highest BCUT2D eigenvalue weighted by Gasteiger charge is 2.04. The maximum atomic E-state index is 10.3. The van der Waals surface area contributed by atoms with Crippen LogP contribution in [0.2, 0.25) is 0 Å². The van der Waals surface area contributed by atoms with Crippen molar-refractivity contribution in [3.8, 4) is 0 Å². The summed E-state index contributed by atoms with van der Waals surface area (Å²) in [5.41, 5.74) is 0. The maximum Gasteiger partial charge on any atom is 0.274 e. The van der Waals surface area contributed by atoms with Crippen molar-refractivity contribution in [1.82, 2.24) is 15.5 Å². The van der Waals surface area contributed by atoms with Gasteiger partial charge in [-0.2, -0.15) is 11.8 Å². The van der Waals surface area contributed by atoms with Crippen LogP contribution >= 0.6 is 36.6 Å². The molecule has 0 fully saturated rings. The Bertz CT molecular complexity index is 484. The Morgan fingerprint density at radius 1 is 1.39 bits per heavy atom. The van der Waals surface area contributed by atoms with E-state index in [2.05, 4.69) is 15.5 Å². The summed E-state index contributed by atoms with van der Waals surface area (Å²) in [5.74, 6) is 3.95. The fraction of sp³-hybridized carbons (Fsp3) is 0.538. The first-order chi connectivity index (χ1) is 10.0. The molecule has 1 rings (SSSR count). The monoisotopic (exact) mass is 386 g/mol. The summed E-state index contributed by atoms with van der Waals surface area (Å²) < 4.78 is 5.70. The van der Waals surface area contributed by atoms with Crippen LogP contribution in [0.4, 0.5) is 0 Å². The van der Waals surface area contributed by atoms with E-state index in [4.69, 9.17) is 4.42 Å². The molecule has 0 bridgehead atoms. The van der Waals surface area contributed by atoms with E-state index >= 15 is 0 Å². The number of thioether (sulfide) groups is 1. The van der Waals surface area contributed by atoms with Gasteiger partial charge in [-0.15, -0.1) is 24.8 Å². The number of nitro groups is 1. The number of nitrogens with one attached hydrogen (secondary N) is 2. The van der Waals surface area contributed by atoms with Crippen LogP contribution in [-0.2, 0) is 12.3 Å². The SMILES string of the molecule is CN/C(=C\[N+](=O)[O-])NCCSCc1ccc(CN(C)C)o1.Cl.Cl. The van der Waals surface area contributed by atoms with Crippen LogP contribution in [0.25, 0.3) is 0 Å². The Morgan fingerprint density at radius 2 is 2.04 bits per heavy atom. The Labute approximate surface area is 153 Å². The predicted octanol–water partition coefficient (Wildman–Crippen LogP) is 2.30. The number of rotatable bonds is 10. The number of hydrogen-bond acceptors (Lipinski definition) is 7. The first-order valence-electron chi connectivity index (χ1n) is 6.58. The molecule has 0 amide bonds. The molecule has 2 N–H and O–H groups in total. The van der Waals surface area contributed by atoms with Crippen molar-refractivity contribution >= 4 is 36.6 Å². The van der Waals surface area contributed by atoms with Gasteiger partial charge in [0.2, 0.25) is 0 Å². The highest BCUT2D eigenvalue weighted by molar-refractivity contribution is 7.98. The zero-order valence-corrected chi connectivity index (χ0v) is 15.9. The Morgan fingerprint density at radius 3 is 2.61 bits per heavy atom. The van der Waals surface area contributed by atoms with E-state index in [-0.39, 0.29) is 24.8 Å². The highest BCUT2D eigenvalue weighted by atomic mass is 35.5. The molecule has 10 heteroatoms. The van der Waals surface area contributed by atoms with Crippen molar-refractivity contribution in [2.45, 2.75) is 12.3 Å². The van der Waals surface area contributed by atoms with Crippen LogP contribution in [-0.4, -0.2) is 43.3 Å². The number of nitrogens with zero attached hydrogens (tertiary/aromatic N) is 2. The van der Waals surface area contributed by atoms with Crippen LogP contribution < -0.4 is 10.6 Å². The minimum absolute atomic E-state index is 0. The molecule has 0 saturated carbocycles. The molecule has 0 aliphatic heterocycles. The van der Waals surface area contributed by atoms with Gasteiger partial charge in [-0.05, 0) is 26.2 Å². The fourth-order valence-corrected chi connectivity index (χ4v) is 2.38. The van der Waals surface area contributed by atoms with Crippen LogP contribution in [0, 0.1) is 10.1 Å². The molecule has 1 aromatic rings. The zero-order valence-electron chi connectivity index (χ0n) is 13.4. The summed E-state index contributed by atoms with van der Waals surface area (Å²) in [6, 6.07) is 3.98. The van der Waals surface area contributed by atoms with Crippen LogP contribution in [0.15, 0.2) is 28.6 Å². The molecule has 0 unspecified atom stereocenters. The third-order valence-corrected chi connectivity index (χ3v) is 3.48. The molecular formula is C13H24Cl2N4O3S. The fourth-order valence-electron chi connectivity index (χ4n) is 1.63. The lowest BCUT2D eigenvalue weighted by atomic mass is 10.4. The summed E-state index contributed by atoms with van der Waals surface area (Å²) in [7, 11) is 5.64. The second-order valence-corrected chi connectivity index (χ2v) is 5.77. The van der Waals surface area contributed by atoms with Crippen LogP contribution in [0.1, 0.15) is 11.5 Å². The van der Waals surface area contributed by atoms with Gasteiger partial charge in [0.05, 0.1) is 17.2 Å². The minimum Gasteiger partial charge on any atom is -0.464 e. The first-order valence-corrected chi connectivity index (χ1v) is 7.73. The number of halogens is 2. The predicted molar refractivity (Wildman–Crippen MR) is 98.9 cm³/mol. The molecule has 0 saturated heterocycles. The Hall–Kier alpha value is -1.09. The third-order valence-electron chi connectivity index (χ3n) is 2.50. The Balaban J connectivity index is 0. The van der Waals surface area contributed by atoms with E-state index in [1.807, 2.05) is 26.2 Å². The molecule has 134 valence electrons. The molecule has 1 aromatic heterocycles. The second kappa shape index (κ2) is 13.4. The lowest BCUT2D eigenvalue weighted by Crippen LogP contribution is -2.26. The van der Waals surface area contributed by atoms with E-state index in [1.54, 1.807) is 18.8 Å². The maximum absolute atomic E-state index is 10.3. The first kappa shape index (κ1) is 24.2. The topological polar surface area (TPSA) is 83.6 Å². The molecule has 0 radical (unpaired) electrons. The van der Waals surface area contributed by atoms with Crippen molar-refractivity contribution < 1.29 is 9.34 Å². The lowest BCUT2D eigenvalue weighted by molar-refractivity contribution is -0.404. The molecule has 0 aliphatic carbocycles. The Kier molecular flexibility index (Phi) is 14.0. The van der Waals surface area contributed by atoms with E-state index in [1.165, 1.54) is 0 Å². The number of hydrogen-bond donors (Lipinski definition) is 2. The van der Waals surface area contributed by atoms with E-state index in [0.717, 1.165) is 35.8 Å². The average molecular weight is 387 g/mol. The van der Waals surface area contributed by atoms with Crippen molar-refractivity contribution in [2.24, 2.45) is 0 Å². The third kappa shape index (κ3) is 11.1. The smallest absolute Gasteiger partial charge is 0.274 e. The summed E-state index contributed by atoms with van der Waals surface area (Å²) >= 11 is 1.72. The summed E-state index contributed by atoms with van der Waals surface area (Å²) in [6.07, 6.45) is 0.921. The molecule has 0 aliphatic rings. The van der Waals surface area contributed by atoms with Gasteiger partial charge in [0.15, 0.2) is 5.82 Å². The van der Waals surface area contributed by atoms with Crippen molar-refractivity contribution in [2.75, 3.05) is 33.4 Å². The summed E-state index contributed by atoms with van der Waals surface area (Å²) in [4.78, 5) is 11.9. The van der Waals surface area contributed by atoms with Crippen LogP contribution in [0.3, 0.4) is 0 Å². The van der Waals surface area contributed by atoms with Gasteiger partial charge in [-0.1, -0.05) is 0 Å². The van der Waals surface area contributed by atoms with Gasteiger partial charge in [-0.25, -0.2) is 0 Å². The molecular weight excluding hydrogens is 363 g/mol. The molecule has 1 heterocycles. The van der Waals surface area contributed by atoms with Crippen molar-refractivity contribution in [3.63, 3.8) is 0 Å². The zero-order chi connectivity index (χ0) is 15.7. The molecule has 0 spiro atoms. The molecule has 0 aromatic carbocycles. The normalized spacial score (nSPS) is 10.7. The molecule has 0 atom stereocenters. The largest absolute Gasteiger partial charge is 0.464 e. The van der Waals surface area contributed by atoms with Gasteiger partial charge in [0, 0.05) is 19.3 Å². The van der Waals surface area contributed by atoms with Gasteiger partial charge in [-0.3, -0.25) is 10.1 Å². The summed E-state index contributed by atoms with van der Waals surface area (Å²) in [5, 5.41) is 16.1. The quantitative estimate of drug-likeness (QED) is 0.362. The van der Waals surface area contributed by atoms with E-state index in [9.17, 15) is 10.1 Å². The van der Waals surface area contributed by atoms with E-state index < -0.39 is 4.92 Å². The van der Waals surface area contributed by atoms with Gasteiger partial charge >= 0.3 is 0 Å². The highest BCUT2D eigenvalue weighted by Crippen LogP contribution is 2.15. The lowest BCUT2D eigenvalue weighted by Gasteiger charge is -2.07. The van der Waals surface area contributed by atoms with Crippen molar-refractivity contribution in [3.05, 3.63) is 45.8 Å². The number of furan rings is 1. The second-order valence-electron chi connectivity index (χ2n) is 4.66. The average Bonchev–Trinajstić information content (AvgIpc) is 2.83. The standard InChI is InChI=1S/C13H22N4O3S.2ClH/c1-14-13(9-17(18)19)15-6-7-21-10-12-5-4-11(20-12)8-16(2)3;;/h4-5,9,14-15H,6-8,10H2,1-3H3;2*1H/b13-9+;;. The molecule has 23 heavy (non-hydrogen) atoms.